The number of cyclic esters (lactones) is 1. The number of hydrogen-bond acceptors (Lipinski definition) is 6. The summed E-state index contributed by atoms with van der Waals surface area (Å²) in [6, 6.07) is 3.34. The molecule has 2 fully saturated rings. The molecule has 0 bridgehead atoms. The van der Waals surface area contributed by atoms with Gasteiger partial charge in [-0.1, -0.05) is 31.2 Å². The number of allylic oxidation sites excluding steroid dienone is 2. The van der Waals surface area contributed by atoms with E-state index in [1.54, 1.807) is 24.4 Å². The Bertz CT molecular complexity index is 1030. The number of amides is 1. The van der Waals surface area contributed by atoms with Crippen molar-refractivity contribution in [1.82, 2.24) is 10.3 Å². The highest BCUT2D eigenvalue weighted by Crippen LogP contribution is 2.55. The third-order valence-corrected chi connectivity index (χ3v) is 7.41. The number of hydrogen-bond donors (Lipinski definition) is 1. The van der Waals surface area contributed by atoms with Crippen LogP contribution in [0.4, 0.5) is 0 Å². The number of carbonyl (C=O) groups is 3. The van der Waals surface area contributed by atoms with Gasteiger partial charge in [0.15, 0.2) is 0 Å². The molecule has 0 radical (unpaired) electrons. The minimum Gasteiger partial charge on any atom is -0.460 e. The zero-order valence-corrected chi connectivity index (χ0v) is 19.1. The Balaban J connectivity index is 1.60. The molecule has 0 unspecified atom stereocenters. The average Bonchev–Trinajstić information content (AvgIpc) is 3.17. The molecule has 1 N–H and O–H groups in total. The third-order valence-electron chi connectivity index (χ3n) is 7.41. The molecule has 1 aromatic rings. The Labute approximate surface area is 193 Å². The van der Waals surface area contributed by atoms with Crippen LogP contribution in [0.2, 0.25) is 0 Å². The lowest BCUT2D eigenvalue weighted by Gasteiger charge is -2.53. The maximum atomic E-state index is 12.7. The summed E-state index contributed by atoms with van der Waals surface area (Å²) in [6.45, 7) is 8.82. The van der Waals surface area contributed by atoms with E-state index in [9.17, 15) is 14.4 Å². The van der Waals surface area contributed by atoms with Gasteiger partial charge in [0, 0.05) is 24.7 Å². The molecule has 7 nitrogen and oxygen atoms in total. The van der Waals surface area contributed by atoms with Gasteiger partial charge in [-0.15, -0.1) is 0 Å². The van der Waals surface area contributed by atoms with E-state index < -0.39 is 11.5 Å². The normalized spacial score (nSPS) is 31.9. The molecule has 1 saturated carbocycles. The molecule has 4 atom stereocenters. The number of ether oxygens (including phenoxy) is 2. The molecular weight excluding hydrogens is 420 g/mol. The maximum absolute atomic E-state index is 12.7. The zero-order valence-electron chi connectivity index (χ0n) is 19.1. The second kappa shape index (κ2) is 8.96. The van der Waals surface area contributed by atoms with Gasteiger partial charge in [0.1, 0.15) is 13.2 Å². The number of nitrogens with zero attached hydrogens (tertiary/aromatic N) is 1. The summed E-state index contributed by atoms with van der Waals surface area (Å²) in [5.41, 5.74) is 0.964. The van der Waals surface area contributed by atoms with Gasteiger partial charge < -0.3 is 14.8 Å². The zero-order chi connectivity index (χ0) is 23.6. The number of nitrogens with one attached hydrogen (secondary N) is 1. The van der Waals surface area contributed by atoms with Gasteiger partial charge in [0.25, 0.3) is 0 Å². The van der Waals surface area contributed by atoms with Crippen LogP contribution in [0, 0.1) is 17.3 Å². The third kappa shape index (κ3) is 4.49. The van der Waals surface area contributed by atoms with Crippen LogP contribution in [0.1, 0.15) is 49.9 Å². The molecule has 7 heteroatoms. The Morgan fingerprint density at radius 1 is 1.36 bits per heavy atom. The number of esters is 2. The van der Waals surface area contributed by atoms with E-state index in [4.69, 9.17) is 9.47 Å². The minimum atomic E-state index is -0.738. The quantitative estimate of drug-likeness (QED) is 0.545. The van der Waals surface area contributed by atoms with Crippen molar-refractivity contribution in [3.8, 4) is 0 Å². The first-order valence-electron chi connectivity index (χ1n) is 11.3. The Morgan fingerprint density at radius 3 is 2.88 bits per heavy atom. The summed E-state index contributed by atoms with van der Waals surface area (Å²) in [6.07, 6.45) is 11.3. The second-order valence-corrected chi connectivity index (χ2v) is 9.63. The first kappa shape index (κ1) is 23.0. The molecule has 1 amide bonds. The van der Waals surface area contributed by atoms with Gasteiger partial charge in [0.05, 0.1) is 16.7 Å². The molecule has 0 aromatic carbocycles. The minimum absolute atomic E-state index is 0.0217. The largest absolute Gasteiger partial charge is 0.460 e. The molecule has 0 spiro atoms. The van der Waals surface area contributed by atoms with E-state index in [1.165, 1.54) is 6.20 Å². The summed E-state index contributed by atoms with van der Waals surface area (Å²) in [5.74, 6) is -0.817. The van der Waals surface area contributed by atoms with Crippen LogP contribution in [0.25, 0.3) is 0 Å². The van der Waals surface area contributed by atoms with Crippen LogP contribution < -0.4 is 5.32 Å². The Morgan fingerprint density at radius 2 is 2.18 bits per heavy atom. The summed E-state index contributed by atoms with van der Waals surface area (Å²) >= 11 is 0. The van der Waals surface area contributed by atoms with Crippen molar-refractivity contribution in [3.05, 3.63) is 66.0 Å². The van der Waals surface area contributed by atoms with Crippen LogP contribution in [0.5, 0.6) is 0 Å². The fourth-order valence-corrected chi connectivity index (χ4v) is 5.71. The van der Waals surface area contributed by atoms with Crippen LogP contribution in [0.3, 0.4) is 0 Å². The highest BCUT2D eigenvalue weighted by atomic mass is 16.5. The summed E-state index contributed by atoms with van der Waals surface area (Å²) < 4.78 is 10.7. The molecule has 4 rings (SSSR count). The molecule has 1 saturated heterocycles. The lowest BCUT2D eigenvalue weighted by molar-refractivity contribution is -0.135. The Hall–Kier alpha value is -3.22. The van der Waals surface area contributed by atoms with Gasteiger partial charge in [-0.2, -0.15) is 0 Å². The van der Waals surface area contributed by atoms with E-state index in [0.717, 1.165) is 18.4 Å². The first-order valence-corrected chi connectivity index (χ1v) is 11.3. The SMILES string of the molecule is C=C1CC[C@H]2[C@@](C)(CCC(=O)N[C@@]2(C)COC(=O)c2cccnc2)[C@@H]1/C=C/C1=CCOC1=O. The average molecular weight is 451 g/mol. The first-order chi connectivity index (χ1) is 15.7. The fraction of sp³-hybridized carbons (Fsp3) is 0.462. The lowest BCUT2D eigenvalue weighted by Crippen LogP contribution is -2.59. The molecule has 3 heterocycles. The van der Waals surface area contributed by atoms with Crippen LogP contribution in [-0.4, -0.2) is 41.6 Å². The smallest absolute Gasteiger partial charge is 0.339 e. The summed E-state index contributed by atoms with van der Waals surface area (Å²) in [4.78, 5) is 41.2. The molecule has 33 heavy (non-hydrogen) atoms. The number of rotatable bonds is 5. The highest BCUT2D eigenvalue weighted by molar-refractivity contribution is 5.93. The van der Waals surface area contributed by atoms with E-state index in [-0.39, 0.29) is 35.7 Å². The molecule has 1 aliphatic carbocycles. The van der Waals surface area contributed by atoms with Gasteiger partial charge in [-0.25, -0.2) is 9.59 Å². The summed E-state index contributed by atoms with van der Waals surface area (Å²) in [5, 5.41) is 3.16. The van der Waals surface area contributed by atoms with Crippen molar-refractivity contribution in [2.75, 3.05) is 13.2 Å². The second-order valence-electron chi connectivity index (χ2n) is 9.63. The molecule has 174 valence electrons. The Kier molecular flexibility index (Phi) is 6.23. The maximum Gasteiger partial charge on any atom is 0.339 e. The highest BCUT2D eigenvalue weighted by Gasteiger charge is 2.54. The van der Waals surface area contributed by atoms with Crippen molar-refractivity contribution in [3.63, 3.8) is 0 Å². The number of carbonyl (C=O) groups excluding carboxylic acids is 3. The van der Waals surface area contributed by atoms with Crippen molar-refractivity contribution in [2.45, 2.75) is 45.1 Å². The van der Waals surface area contributed by atoms with Gasteiger partial charge in [0.2, 0.25) is 5.91 Å². The standard InChI is InChI=1S/C26H30N2O5/c1-17-6-9-21-25(2,20(17)8-7-18-11-14-32-23(18)30)12-10-22(29)28-26(21,3)16-33-24(31)19-5-4-13-27-15-19/h4-5,7-8,11,13,15,20-21H,1,6,9-10,12,14,16H2,2-3H3,(H,28,29)/b8-7+/t20-,21+,25+,26+/m1/s1. The number of aromatic nitrogens is 1. The fourth-order valence-electron chi connectivity index (χ4n) is 5.71. The van der Waals surface area contributed by atoms with E-state index in [0.29, 0.717) is 30.6 Å². The van der Waals surface area contributed by atoms with E-state index in [2.05, 4.69) is 23.8 Å². The topological polar surface area (TPSA) is 94.6 Å². The van der Waals surface area contributed by atoms with Crippen molar-refractivity contribution in [1.29, 1.82) is 0 Å². The predicted octanol–water partition coefficient (Wildman–Crippen LogP) is 3.54. The monoisotopic (exact) mass is 450 g/mol. The van der Waals surface area contributed by atoms with Crippen molar-refractivity contribution < 1.29 is 23.9 Å². The number of pyridine rings is 1. The van der Waals surface area contributed by atoms with Crippen molar-refractivity contribution >= 4 is 17.8 Å². The van der Waals surface area contributed by atoms with Crippen LogP contribution >= 0.6 is 0 Å². The predicted molar refractivity (Wildman–Crippen MR) is 122 cm³/mol. The molecular formula is C26H30N2O5. The van der Waals surface area contributed by atoms with Gasteiger partial charge >= 0.3 is 11.9 Å². The lowest BCUT2D eigenvalue weighted by atomic mass is 9.53. The summed E-state index contributed by atoms with van der Waals surface area (Å²) in [7, 11) is 0. The van der Waals surface area contributed by atoms with E-state index >= 15 is 0 Å². The van der Waals surface area contributed by atoms with Crippen LogP contribution in [0.15, 0.2) is 60.5 Å². The van der Waals surface area contributed by atoms with Crippen molar-refractivity contribution in [2.24, 2.45) is 17.3 Å². The van der Waals surface area contributed by atoms with Crippen LogP contribution in [-0.2, 0) is 19.1 Å². The molecule has 3 aliphatic rings. The number of fused-ring (bicyclic) bond motifs is 1. The van der Waals surface area contributed by atoms with Gasteiger partial charge in [-0.05, 0) is 55.7 Å². The molecule has 2 aliphatic heterocycles. The van der Waals surface area contributed by atoms with Gasteiger partial charge in [-0.3, -0.25) is 9.78 Å². The molecule has 1 aromatic heterocycles. The van der Waals surface area contributed by atoms with E-state index in [1.807, 2.05) is 19.1 Å².